The molecule has 0 unspecified atom stereocenters. The first-order valence-corrected chi connectivity index (χ1v) is 6.78. The first kappa shape index (κ1) is 18.9. The van der Waals surface area contributed by atoms with Crippen molar-refractivity contribution in [2.75, 3.05) is 14.1 Å². The third kappa shape index (κ3) is 5.06. The molecular formula is C11H12ClN3O2SY-2. The molecule has 2 rings (SSSR count). The van der Waals surface area contributed by atoms with Crippen LogP contribution in [0.1, 0.15) is 0 Å². The number of rotatable bonds is 1. The van der Waals surface area contributed by atoms with Gasteiger partial charge in [0.15, 0.2) is 0 Å². The van der Waals surface area contributed by atoms with Crippen LogP contribution in [0.2, 0.25) is 5.15 Å². The Labute approximate surface area is 142 Å². The summed E-state index contributed by atoms with van der Waals surface area (Å²) in [6.45, 7) is 0. The summed E-state index contributed by atoms with van der Waals surface area (Å²) in [4.78, 5) is 3.79. The quantitative estimate of drug-likeness (QED) is 0.718. The van der Waals surface area contributed by atoms with Gasteiger partial charge in [0.05, 0.1) is 14.9 Å². The van der Waals surface area contributed by atoms with E-state index in [-0.39, 0.29) is 42.8 Å². The van der Waals surface area contributed by atoms with Gasteiger partial charge in [0.1, 0.15) is 5.15 Å². The van der Waals surface area contributed by atoms with Crippen molar-refractivity contribution < 1.29 is 41.1 Å². The van der Waals surface area contributed by atoms with E-state index in [1.807, 2.05) is 0 Å². The summed E-state index contributed by atoms with van der Waals surface area (Å²) >= 11 is 5.81. The molecule has 1 N–H and O–H groups in total. The van der Waals surface area contributed by atoms with Crippen molar-refractivity contribution in [1.82, 2.24) is 4.98 Å². The van der Waals surface area contributed by atoms with Crippen LogP contribution in [-0.4, -0.2) is 27.5 Å². The van der Waals surface area contributed by atoms with Gasteiger partial charge in [0, 0.05) is 49.7 Å². The molecule has 1 heterocycles. The monoisotopic (exact) mass is 374 g/mol. The smallest absolute Gasteiger partial charge is 0.136 e. The van der Waals surface area contributed by atoms with Gasteiger partial charge in [0.2, 0.25) is 0 Å². The van der Waals surface area contributed by atoms with Crippen LogP contribution in [0, 0.1) is 0 Å². The molecule has 1 radical (unpaired) electrons. The summed E-state index contributed by atoms with van der Waals surface area (Å²) in [5.74, 6) is 0. The minimum Gasteiger partial charge on any atom is -0.668 e. The van der Waals surface area contributed by atoms with Crippen LogP contribution >= 0.6 is 11.6 Å². The van der Waals surface area contributed by atoms with E-state index in [0.29, 0.717) is 10.8 Å². The molecule has 8 heteroatoms. The average Bonchev–Trinajstić information content (AvgIpc) is 2.29. The minimum absolute atomic E-state index is 0. The topological polar surface area (TPSA) is 84.9 Å². The molecule has 1 aromatic carbocycles. The normalized spacial score (nSPS) is 10.3. The van der Waals surface area contributed by atoms with Gasteiger partial charge in [-0.2, -0.15) is 14.1 Å². The molecular weight excluding hydrogens is 363 g/mol. The molecule has 0 saturated carbocycles. The molecule has 2 aromatic rings. The molecule has 19 heavy (non-hydrogen) atoms. The minimum atomic E-state index is -3.98. The van der Waals surface area contributed by atoms with E-state index < -0.39 is 10.0 Å². The van der Waals surface area contributed by atoms with E-state index in [0.717, 1.165) is 0 Å². The first-order valence-electron chi connectivity index (χ1n) is 4.92. The van der Waals surface area contributed by atoms with Crippen LogP contribution in [0.4, 0.5) is 0 Å². The van der Waals surface area contributed by atoms with Crippen molar-refractivity contribution in [2.24, 2.45) is 0 Å². The number of nitrogens with zero attached hydrogens (tertiary/aromatic N) is 2. The standard InChI is InChI=1S/C9H6ClN2O2S.C2H6N.Y/c10-9-7-2-1-3-8(15(11,13)14)6(7)4-5-12-9;1-3-2;/h1-5H,(H-,11,13,14);1-2H3;/q2*-1;. The average molecular weight is 375 g/mol. The number of halogens is 1. The number of pyridine rings is 1. The van der Waals surface area contributed by atoms with E-state index in [4.69, 9.17) is 16.7 Å². The van der Waals surface area contributed by atoms with Crippen molar-refractivity contribution in [3.8, 4) is 0 Å². The third-order valence-corrected chi connectivity index (χ3v) is 3.24. The summed E-state index contributed by atoms with van der Waals surface area (Å²) < 4.78 is 22.3. The summed E-state index contributed by atoms with van der Waals surface area (Å²) in [6, 6.07) is 6.11. The Bertz CT molecular complexity index is 649. The second kappa shape index (κ2) is 8.24. The van der Waals surface area contributed by atoms with Gasteiger partial charge < -0.3 is 10.5 Å². The summed E-state index contributed by atoms with van der Waals surface area (Å²) in [7, 11) is -0.483. The summed E-state index contributed by atoms with van der Waals surface area (Å²) in [6.07, 6.45) is 1.42. The van der Waals surface area contributed by atoms with Crippen LogP contribution in [-0.2, 0) is 42.7 Å². The van der Waals surface area contributed by atoms with Crippen LogP contribution < -0.4 is 0 Å². The zero-order valence-corrected chi connectivity index (χ0v) is 14.9. The SMILES string of the molecule is C[N-]C.[NH-]S(=O)(=O)c1cccc2c(Cl)nccc12.[Y]. The molecule has 0 amide bonds. The Balaban J connectivity index is 0.000000742. The van der Waals surface area contributed by atoms with Crippen LogP contribution in [0.25, 0.3) is 21.2 Å². The van der Waals surface area contributed by atoms with Gasteiger partial charge in [0.25, 0.3) is 0 Å². The molecule has 0 spiro atoms. The third-order valence-electron chi connectivity index (χ3n) is 2.01. The maximum Gasteiger partial charge on any atom is 0.136 e. The number of aromatic nitrogens is 1. The fourth-order valence-corrected chi connectivity index (χ4v) is 2.32. The Kier molecular flexibility index (Phi) is 8.19. The van der Waals surface area contributed by atoms with Gasteiger partial charge in [-0.05, 0) is 12.1 Å². The molecule has 0 aliphatic carbocycles. The molecule has 0 atom stereocenters. The van der Waals surface area contributed by atoms with Crippen LogP contribution in [0.3, 0.4) is 0 Å². The summed E-state index contributed by atoms with van der Waals surface area (Å²) in [5.41, 5.74) is 0. The fraction of sp³-hybridized carbons (Fsp3) is 0.182. The number of fused-ring (bicyclic) bond motifs is 1. The zero-order valence-electron chi connectivity index (χ0n) is 10.5. The molecule has 0 aliphatic rings. The van der Waals surface area contributed by atoms with Gasteiger partial charge in [-0.25, -0.2) is 13.4 Å². The van der Waals surface area contributed by atoms with Crippen LogP contribution in [0.5, 0.6) is 0 Å². The van der Waals surface area contributed by atoms with Crippen LogP contribution in [0.15, 0.2) is 35.4 Å². The zero-order chi connectivity index (χ0) is 13.8. The Morgan fingerprint density at radius 3 is 2.32 bits per heavy atom. The van der Waals surface area contributed by atoms with E-state index in [2.05, 4.69) is 10.3 Å². The maximum atomic E-state index is 11.2. The molecule has 5 nitrogen and oxygen atoms in total. The van der Waals surface area contributed by atoms with Crippen molar-refractivity contribution in [3.63, 3.8) is 0 Å². The van der Waals surface area contributed by atoms with E-state index in [9.17, 15) is 8.42 Å². The molecule has 0 bridgehead atoms. The molecule has 1 aromatic heterocycles. The predicted octanol–water partition coefficient (Wildman–Crippen LogP) is 3.25. The number of hydrogen-bond donors (Lipinski definition) is 0. The molecule has 0 saturated heterocycles. The Morgan fingerprint density at radius 1 is 1.21 bits per heavy atom. The first-order chi connectivity index (χ1) is 8.41. The second-order valence-corrected chi connectivity index (χ2v) is 5.21. The molecule has 0 fully saturated rings. The molecule has 101 valence electrons. The van der Waals surface area contributed by atoms with Gasteiger partial charge in [-0.3, -0.25) is 0 Å². The van der Waals surface area contributed by atoms with Crippen molar-refractivity contribution in [2.45, 2.75) is 4.90 Å². The largest absolute Gasteiger partial charge is 0.668 e. The number of sulfonamides is 1. The summed E-state index contributed by atoms with van der Waals surface area (Å²) in [5, 5.41) is 11.7. The van der Waals surface area contributed by atoms with Crippen molar-refractivity contribution in [3.05, 3.63) is 46.1 Å². The Hall–Kier alpha value is -0.106. The second-order valence-electron chi connectivity index (χ2n) is 3.40. The van der Waals surface area contributed by atoms with E-state index in [1.165, 1.54) is 24.4 Å². The van der Waals surface area contributed by atoms with Gasteiger partial charge in [-0.1, -0.05) is 23.7 Å². The fourth-order valence-electron chi connectivity index (χ4n) is 1.38. The molecule has 0 aliphatic heterocycles. The van der Waals surface area contributed by atoms with Crippen molar-refractivity contribution >= 4 is 32.4 Å². The van der Waals surface area contributed by atoms with Gasteiger partial charge in [-0.15, -0.1) is 0 Å². The Morgan fingerprint density at radius 2 is 1.79 bits per heavy atom. The van der Waals surface area contributed by atoms with Gasteiger partial charge >= 0.3 is 0 Å². The number of nitrogens with one attached hydrogen (secondary N) is 1. The van der Waals surface area contributed by atoms with Crippen molar-refractivity contribution in [1.29, 1.82) is 0 Å². The predicted molar refractivity (Wildman–Crippen MR) is 73.5 cm³/mol. The number of benzene rings is 1. The van der Waals surface area contributed by atoms with E-state index in [1.54, 1.807) is 20.2 Å². The van der Waals surface area contributed by atoms with E-state index >= 15 is 0 Å². The number of hydrogen-bond acceptors (Lipinski definition) is 3. The maximum absolute atomic E-state index is 11.2.